The van der Waals surface area contributed by atoms with E-state index in [1.807, 2.05) is 26.0 Å². The first kappa shape index (κ1) is 18.3. The van der Waals surface area contributed by atoms with Crippen LogP contribution in [0.5, 0.6) is 5.75 Å². The van der Waals surface area contributed by atoms with Crippen LogP contribution >= 0.6 is 0 Å². The highest BCUT2D eigenvalue weighted by Crippen LogP contribution is 2.35. The second-order valence-corrected chi connectivity index (χ2v) is 4.58. The molecule has 0 saturated heterocycles. The molecule has 0 fully saturated rings. The predicted octanol–water partition coefficient (Wildman–Crippen LogP) is 5.25. The molecule has 0 saturated carbocycles. The molecule has 1 unspecified atom stereocenters. The van der Waals surface area contributed by atoms with Gasteiger partial charge in [-0.1, -0.05) is 44.2 Å². The Morgan fingerprint density at radius 1 is 1.09 bits per heavy atom. The second kappa shape index (κ2) is 8.03. The summed E-state index contributed by atoms with van der Waals surface area (Å²) in [6, 6.07) is 10.5. The molecule has 0 aliphatic rings. The summed E-state index contributed by atoms with van der Waals surface area (Å²) >= 11 is 0. The Morgan fingerprint density at radius 3 is 2.23 bits per heavy atom. The zero-order valence-corrected chi connectivity index (χ0v) is 12.9. The summed E-state index contributed by atoms with van der Waals surface area (Å²) in [6.45, 7) is 4.00. The average molecular weight is 314 g/mol. The van der Waals surface area contributed by atoms with E-state index >= 15 is 0 Å². The predicted molar refractivity (Wildman–Crippen MR) is 82.1 cm³/mol. The van der Waals surface area contributed by atoms with E-state index in [4.69, 9.17) is 4.74 Å². The summed E-state index contributed by atoms with van der Waals surface area (Å²) in [7, 11) is 1.49. The van der Waals surface area contributed by atoms with Gasteiger partial charge in [0.05, 0.1) is 13.2 Å². The average Bonchev–Trinajstić information content (AvgIpc) is 2.52. The van der Waals surface area contributed by atoms with E-state index in [-0.39, 0.29) is 6.42 Å². The van der Waals surface area contributed by atoms with Gasteiger partial charge in [-0.2, -0.15) is 13.2 Å². The van der Waals surface area contributed by atoms with E-state index in [0.717, 1.165) is 5.39 Å². The van der Waals surface area contributed by atoms with Crippen molar-refractivity contribution < 1.29 is 23.0 Å². The molecule has 0 radical (unpaired) electrons. The maximum Gasteiger partial charge on any atom is 0.389 e. The topological polar surface area (TPSA) is 29.5 Å². The Balaban J connectivity index is 0.00000116. The number of methoxy groups -OCH3 is 1. The molecule has 5 heteroatoms. The first-order valence-corrected chi connectivity index (χ1v) is 7.23. The molecule has 0 aromatic heterocycles. The molecule has 0 spiro atoms. The second-order valence-electron chi connectivity index (χ2n) is 4.58. The summed E-state index contributed by atoms with van der Waals surface area (Å²) in [4.78, 5) is 0. The van der Waals surface area contributed by atoms with Crippen molar-refractivity contribution in [2.24, 2.45) is 0 Å². The number of hydrogen-bond acceptors (Lipinski definition) is 2. The fourth-order valence-electron chi connectivity index (χ4n) is 2.24. The molecule has 1 N–H and O–H groups in total. The van der Waals surface area contributed by atoms with Gasteiger partial charge in [-0.15, -0.1) is 0 Å². The molecule has 122 valence electrons. The van der Waals surface area contributed by atoms with Gasteiger partial charge >= 0.3 is 6.18 Å². The Morgan fingerprint density at radius 2 is 1.68 bits per heavy atom. The van der Waals surface area contributed by atoms with Crippen LogP contribution in [0.1, 0.15) is 38.4 Å². The molecule has 22 heavy (non-hydrogen) atoms. The Kier molecular flexibility index (Phi) is 6.68. The van der Waals surface area contributed by atoms with Gasteiger partial charge < -0.3 is 9.84 Å². The number of halogens is 3. The molecule has 2 aromatic carbocycles. The lowest BCUT2D eigenvalue weighted by Gasteiger charge is -2.16. The van der Waals surface area contributed by atoms with Gasteiger partial charge in [-0.25, -0.2) is 0 Å². The van der Waals surface area contributed by atoms with Gasteiger partial charge in [0.15, 0.2) is 0 Å². The molecular weight excluding hydrogens is 293 g/mol. The van der Waals surface area contributed by atoms with E-state index in [1.165, 1.54) is 7.11 Å². The number of aliphatic hydroxyl groups is 1. The lowest BCUT2D eigenvalue weighted by molar-refractivity contribution is -0.140. The van der Waals surface area contributed by atoms with Gasteiger partial charge in [-0.05, 0) is 23.4 Å². The fourth-order valence-corrected chi connectivity index (χ4v) is 2.24. The Hall–Kier alpha value is -1.75. The SMILES string of the molecule is CC.COc1cccc2cccc(C(O)CCC(F)(F)F)c12. The standard InChI is InChI=1S/C15H15F3O2.C2H6/c1-20-13-7-3-5-10-4-2-6-11(14(10)13)12(19)8-9-15(16,17)18;1-2/h2-7,12,19H,8-9H2,1H3;1-2H3. The smallest absolute Gasteiger partial charge is 0.389 e. The molecule has 0 aliphatic heterocycles. The van der Waals surface area contributed by atoms with Crippen molar-refractivity contribution in [3.8, 4) is 5.75 Å². The summed E-state index contributed by atoms with van der Waals surface area (Å²) in [5, 5.41) is 11.5. The van der Waals surface area contributed by atoms with Crippen LogP contribution in [0.3, 0.4) is 0 Å². The highest BCUT2D eigenvalue weighted by molar-refractivity contribution is 5.91. The minimum Gasteiger partial charge on any atom is -0.496 e. The monoisotopic (exact) mass is 314 g/mol. The van der Waals surface area contributed by atoms with E-state index in [0.29, 0.717) is 16.7 Å². The van der Waals surface area contributed by atoms with Crippen molar-refractivity contribution in [2.75, 3.05) is 7.11 Å². The van der Waals surface area contributed by atoms with E-state index in [1.54, 1.807) is 24.3 Å². The molecule has 2 nitrogen and oxygen atoms in total. The highest BCUT2D eigenvalue weighted by atomic mass is 19.4. The van der Waals surface area contributed by atoms with E-state index in [9.17, 15) is 18.3 Å². The van der Waals surface area contributed by atoms with Gasteiger partial charge in [0, 0.05) is 11.8 Å². The third-order valence-corrected chi connectivity index (χ3v) is 3.18. The maximum absolute atomic E-state index is 12.3. The molecule has 0 bridgehead atoms. The van der Waals surface area contributed by atoms with Gasteiger partial charge in [-0.3, -0.25) is 0 Å². The number of hydrogen-bond donors (Lipinski definition) is 1. The number of ether oxygens (including phenoxy) is 1. The summed E-state index contributed by atoms with van der Waals surface area (Å²) in [6.07, 6.45) is -6.81. The van der Waals surface area contributed by atoms with Crippen LogP contribution in [0.4, 0.5) is 13.2 Å². The number of aliphatic hydroxyl groups excluding tert-OH is 1. The third kappa shape index (κ3) is 4.63. The molecule has 2 rings (SSSR count). The van der Waals surface area contributed by atoms with Crippen molar-refractivity contribution in [2.45, 2.75) is 39.0 Å². The van der Waals surface area contributed by atoms with Crippen molar-refractivity contribution in [3.05, 3.63) is 42.0 Å². The van der Waals surface area contributed by atoms with Gasteiger partial charge in [0.1, 0.15) is 5.75 Å². The van der Waals surface area contributed by atoms with Crippen LogP contribution in [-0.2, 0) is 0 Å². The van der Waals surface area contributed by atoms with Crippen LogP contribution in [0.25, 0.3) is 10.8 Å². The van der Waals surface area contributed by atoms with Crippen molar-refractivity contribution in [3.63, 3.8) is 0 Å². The van der Waals surface area contributed by atoms with Crippen LogP contribution in [0.2, 0.25) is 0 Å². The Bertz CT molecular complexity index is 589. The lowest BCUT2D eigenvalue weighted by Crippen LogP contribution is -2.10. The number of benzene rings is 2. The largest absolute Gasteiger partial charge is 0.496 e. The number of fused-ring (bicyclic) bond motifs is 1. The highest BCUT2D eigenvalue weighted by Gasteiger charge is 2.28. The van der Waals surface area contributed by atoms with Crippen LogP contribution in [-0.4, -0.2) is 18.4 Å². The normalized spacial score (nSPS) is 12.5. The molecule has 0 aliphatic carbocycles. The van der Waals surface area contributed by atoms with Gasteiger partial charge in [0.2, 0.25) is 0 Å². The van der Waals surface area contributed by atoms with Crippen molar-refractivity contribution in [1.29, 1.82) is 0 Å². The maximum atomic E-state index is 12.3. The summed E-state index contributed by atoms with van der Waals surface area (Å²) < 4.78 is 42.0. The number of alkyl halides is 3. The Labute approximate surface area is 128 Å². The minimum absolute atomic E-state index is 0.360. The lowest BCUT2D eigenvalue weighted by atomic mass is 9.97. The zero-order chi connectivity index (χ0) is 16.8. The van der Waals surface area contributed by atoms with E-state index < -0.39 is 18.7 Å². The molecule has 2 aromatic rings. The summed E-state index contributed by atoms with van der Waals surface area (Å²) in [5.41, 5.74) is 0.462. The number of rotatable bonds is 4. The van der Waals surface area contributed by atoms with Crippen molar-refractivity contribution in [1.82, 2.24) is 0 Å². The fraction of sp³-hybridized carbons (Fsp3) is 0.412. The van der Waals surface area contributed by atoms with Crippen LogP contribution < -0.4 is 4.74 Å². The van der Waals surface area contributed by atoms with Gasteiger partial charge in [0.25, 0.3) is 0 Å². The minimum atomic E-state index is -4.27. The molecule has 0 heterocycles. The molecule has 1 atom stereocenters. The third-order valence-electron chi connectivity index (χ3n) is 3.18. The zero-order valence-electron chi connectivity index (χ0n) is 12.9. The molecular formula is C17H21F3O2. The van der Waals surface area contributed by atoms with Crippen LogP contribution in [0, 0.1) is 0 Å². The van der Waals surface area contributed by atoms with E-state index in [2.05, 4.69) is 0 Å². The first-order valence-electron chi connectivity index (χ1n) is 7.23. The van der Waals surface area contributed by atoms with Crippen molar-refractivity contribution >= 4 is 10.8 Å². The quantitative estimate of drug-likeness (QED) is 0.835. The summed E-state index contributed by atoms with van der Waals surface area (Å²) in [5.74, 6) is 0.546. The first-order chi connectivity index (χ1) is 10.4. The van der Waals surface area contributed by atoms with Crippen LogP contribution in [0.15, 0.2) is 36.4 Å². The molecule has 0 amide bonds.